The van der Waals surface area contributed by atoms with Crippen molar-refractivity contribution in [2.45, 2.75) is 143 Å². The number of anilines is 1. The van der Waals surface area contributed by atoms with E-state index in [1.807, 2.05) is 42.5 Å². The summed E-state index contributed by atoms with van der Waals surface area (Å²) in [7, 11) is 0. The Balaban J connectivity index is 0.0000125. The van der Waals surface area contributed by atoms with Gasteiger partial charge in [-0.05, 0) is 70.6 Å². The lowest BCUT2D eigenvalue weighted by atomic mass is 10.1. The van der Waals surface area contributed by atoms with Crippen LogP contribution in [0.15, 0.2) is 54.6 Å². The topological polar surface area (TPSA) is 79.5 Å². The molecule has 0 spiro atoms. The average Bonchev–Trinajstić information content (AvgIpc) is 3.12. The summed E-state index contributed by atoms with van der Waals surface area (Å²) in [5.74, 6) is -0.240. The quantitative estimate of drug-likeness (QED) is 0.0514. The Morgan fingerprint density at radius 1 is 0.740 bits per heavy atom. The molecule has 1 atom stereocenters. The molecule has 0 radical (unpaired) electrons. The number of carbonyl (C=O) groups is 2. The standard InChI is InChI=1S/C41H66N4O3S.BrH/c1-5-9-10-11-12-13-14-15-16-17-21-30-39(49)42-31-23-22-29-38(44-41(47)48-34-35-25-19-18-20-26-35)40(46)43-37-28-24-27-36(32-37)33-45(6-2,7-3)8-4;/h18-20,24-28,32,38H,5-17,21-23,29-31,33-34H2,1-4H3,(H2-,42,43,44,46,47,49);1H/t38-;/m0./s1. The summed E-state index contributed by atoms with van der Waals surface area (Å²) >= 11 is 5.58. The number of carbonyl (C=O) groups excluding carboxylic acids is 2. The van der Waals surface area contributed by atoms with Crippen molar-refractivity contribution in [1.82, 2.24) is 10.6 Å². The Labute approximate surface area is 320 Å². The first kappa shape index (κ1) is 45.5. The zero-order chi connectivity index (χ0) is 35.6. The van der Waals surface area contributed by atoms with Gasteiger partial charge in [0.2, 0.25) is 5.91 Å². The molecule has 0 unspecified atom stereocenters. The maximum absolute atomic E-state index is 13.5. The van der Waals surface area contributed by atoms with E-state index in [0.717, 1.165) is 79.1 Å². The number of quaternary nitrogens is 1. The number of hydrogen-bond acceptors (Lipinski definition) is 4. The third-order valence-corrected chi connectivity index (χ3v) is 10.1. The fourth-order valence-corrected chi connectivity index (χ4v) is 6.53. The van der Waals surface area contributed by atoms with Gasteiger partial charge in [-0.15, -0.1) is 0 Å². The van der Waals surface area contributed by atoms with Gasteiger partial charge in [0.1, 0.15) is 19.2 Å². The Kier molecular flexibility index (Phi) is 25.6. The molecule has 9 heteroatoms. The van der Waals surface area contributed by atoms with Gasteiger partial charge in [0.15, 0.2) is 0 Å². The lowest BCUT2D eigenvalue weighted by molar-refractivity contribution is -0.936. The number of benzene rings is 2. The summed E-state index contributed by atoms with van der Waals surface area (Å²) in [5.41, 5.74) is 2.82. The van der Waals surface area contributed by atoms with E-state index in [1.165, 1.54) is 69.8 Å². The van der Waals surface area contributed by atoms with Gasteiger partial charge < -0.3 is 42.2 Å². The number of thiocarbonyl (C=S) groups is 1. The van der Waals surface area contributed by atoms with Crippen molar-refractivity contribution in [2.75, 3.05) is 31.5 Å². The first-order valence-corrected chi connectivity index (χ1v) is 19.7. The van der Waals surface area contributed by atoms with E-state index in [0.29, 0.717) is 6.42 Å². The number of unbranched alkanes of at least 4 members (excludes halogenated alkanes) is 11. The van der Waals surface area contributed by atoms with Crippen LogP contribution >= 0.6 is 12.2 Å². The molecule has 2 aromatic carbocycles. The van der Waals surface area contributed by atoms with Crippen LogP contribution < -0.4 is 32.9 Å². The lowest BCUT2D eigenvalue weighted by Gasteiger charge is -2.36. The van der Waals surface area contributed by atoms with E-state index >= 15 is 0 Å². The van der Waals surface area contributed by atoms with E-state index in [2.05, 4.69) is 55.8 Å². The molecule has 0 saturated carbocycles. The Bertz CT molecular complexity index is 1190. The zero-order valence-corrected chi connectivity index (χ0v) is 34.0. The summed E-state index contributed by atoms with van der Waals surface area (Å²) in [4.78, 5) is 27.2. The van der Waals surface area contributed by atoms with E-state index in [-0.39, 0.29) is 29.5 Å². The summed E-state index contributed by atoms with van der Waals surface area (Å²) < 4.78 is 6.45. The highest BCUT2D eigenvalue weighted by atomic mass is 79.9. The maximum atomic E-state index is 13.5. The van der Waals surface area contributed by atoms with E-state index in [9.17, 15) is 9.59 Å². The minimum absolute atomic E-state index is 0. The van der Waals surface area contributed by atoms with E-state index in [4.69, 9.17) is 17.0 Å². The molecule has 3 N–H and O–H groups in total. The second-order valence-corrected chi connectivity index (χ2v) is 14.0. The number of alkyl carbamates (subject to hydrolysis) is 1. The molecule has 2 aromatic rings. The Morgan fingerprint density at radius 2 is 1.34 bits per heavy atom. The van der Waals surface area contributed by atoms with E-state index in [1.54, 1.807) is 0 Å². The molecule has 0 heterocycles. The number of hydrogen-bond donors (Lipinski definition) is 3. The van der Waals surface area contributed by atoms with Crippen molar-refractivity contribution in [3.05, 3.63) is 65.7 Å². The first-order chi connectivity index (χ1) is 23.8. The maximum Gasteiger partial charge on any atom is 0.408 e. The van der Waals surface area contributed by atoms with Gasteiger partial charge in [-0.3, -0.25) is 4.79 Å². The fraction of sp³-hybridized carbons (Fsp3) is 0.634. The van der Waals surface area contributed by atoms with Gasteiger partial charge in [0, 0.05) is 17.8 Å². The van der Waals surface area contributed by atoms with Crippen LogP contribution in [0.25, 0.3) is 0 Å². The molecule has 50 heavy (non-hydrogen) atoms. The van der Waals surface area contributed by atoms with Gasteiger partial charge in [0.05, 0.1) is 24.6 Å². The minimum atomic E-state index is -0.716. The number of nitrogens with zero attached hydrogens (tertiary/aromatic N) is 1. The molecule has 0 bridgehead atoms. The molecule has 282 valence electrons. The summed E-state index contributed by atoms with van der Waals surface area (Å²) in [6.07, 6.45) is 17.0. The monoisotopic (exact) mass is 774 g/mol. The molecule has 0 aliphatic carbocycles. The van der Waals surface area contributed by atoms with Gasteiger partial charge >= 0.3 is 6.09 Å². The number of nitrogens with one attached hydrogen (secondary N) is 3. The van der Waals surface area contributed by atoms with Crippen LogP contribution in [0.5, 0.6) is 0 Å². The number of halogens is 1. The molecule has 0 aromatic heterocycles. The normalized spacial score (nSPS) is 11.7. The molecule has 7 nitrogen and oxygen atoms in total. The second-order valence-electron chi connectivity index (χ2n) is 13.5. The summed E-state index contributed by atoms with van der Waals surface area (Å²) in [5, 5.41) is 9.29. The SMILES string of the molecule is CCCCCCCCCCCCCC(=S)NCCCC[C@H](NC(=O)OCc1ccccc1)C(=O)Nc1cccc(C[N+](CC)(CC)CC)c1.[Br-]. The number of amides is 2. The van der Waals surface area contributed by atoms with Crippen LogP contribution in [0.4, 0.5) is 10.5 Å². The largest absolute Gasteiger partial charge is 1.00 e. The third-order valence-electron chi connectivity index (χ3n) is 9.80. The molecule has 2 rings (SSSR count). The highest BCUT2D eigenvalue weighted by Crippen LogP contribution is 2.19. The third kappa shape index (κ3) is 19.8. The van der Waals surface area contributed by atoms with Gasteiger partial charge in [-0.25, -0.2) is 4.79 Å². The number of rotatable bonds is 27. The molecular weight excluding hydrogens is 708 g/mol. The number of ether oxygens (including phenoxy) is 1. The van der Waals surface area contributed by atoms with Crippen molar-refractivity contribution < 1.29 is 35.8 Å². The van der Waals surface area contributed by atoms with Crippen LogP contribution in [-0.2, 0) is 22.7 Å². The van der Waals surface area contributed by atoms with Gasteiger partial charge in [-0.1, -0.05) is 126 Å². The van der Waals surface area contributed by atoms with Crippen LogP contribution in [0, 0.1) is 0 Å². The highest BCUT2D eigenvalue weighted by Gasteiger charge is 2.23. The van der Waals surface area contributed by atoms with Crippen molar-refractivity contribution in [1.29, 1.82) is 0 Å². The van der Waals surface area contributed by atoms with Crippen LogP contribution in [0.2, 0.25) is 0 Å². The van der Waals surface area contributed by atoms with Crippen molar-refractivity contribution >= 4 is 34.9 Å². The van der Waals surface area contributed by atoms with Crippen molar-refractivity contribution in [2.24, 2.45) is 0 Å². The highest BCUT2D eigenvalue weighted by molar-refractivity contribution is 7.80. The van der Waals surface area contributed by atoms with Gasteiger partial charge in [0.25, 0.3) is 0 Å². The predicted octanol–water partition coefficient (Wildman–Crippen LogP) is 7.09. The van der Waals surface area contributed by atoms with Crippen LogP contribution in [0.1, 0.15) is 135 Å². The fourth-order valence-electron chi connectivity index (χ4n) is 6.29. The van der Waals surface area contributed by atoms with Crippen LogP contribution in [0.3, 0.4) is 0 Å². The first-order valence-electron chi connectivity index (χ1n) is 19.3. The average molecular weight is 776 g/mol. The molecule has 0 aliphatic heterocycles. The van der Waals surface area contributed by atoms with Crippen LogP contribution in [-0.4, -0.2) is 53.7 Å². The molecule has 2 amide bonds. The predicted molar refractivity (Wildman–Crippen MR) is 210 cm³/mol. The molecule has 0 fully saturated rings. The smallest absolute Gasteiger partial charge is 0.408 e. The molecule has 0 saturated heterocycles. The minimum Gasteiger partial charge on any atom is -1.00 e. The summed E-state index contributed by atoms with van der Waals surface area (Å²) in [6, 6.07) is 16.9. The van der Waals surface area contributed by atoms with Gasteiger partial charge in [-0.2, -0.15) is 0 Å². The van der Waals surface area contributed by atoms with Crippen molar-refractivity contribution in [3.63, 3.8) is 0 Å². The summed E-state index contributed by atoms with van der Waals surface area (Å²) in [6.45, 7) is 13.9. The Hall–Kier alpha value is -2.49. The molecular formula is C41H67BrN4O3S. The van der Waals surface area contributed by atoms with Crippen molar-refractivity contribution in [3.8, 4) is 0 Å². The zero-order valence-electron chi connectivity index (χ0n) is 31.6. The second kappa shape index (κ2) is 28.1. The lowest BCUT2D eigenvalue weighted by Crippen LogP contribution is -3.00. The molecule has 0 aliphatic rings. The van der Waals surface area contributed by atoms with E-state index < -0.39 is 12.1 Å². The Morgan fingerprint density at radius 3 is 1.96 bits per heavy atom.